The first-order valence-corrected chi connectivity index (χ1v) is 17.7. The van der Waals surface area contributed by atoms with Crippen LogP contribution in [0.4, 0.5) is 17.1 Å². The van der Waals surface area contributed by atoms with Crippen LogP contribution in [-0.4, -0.2) is 0 Å². The van der Waals surface area contributed by atoms with Crippen molar-refractivity contribution in [1.29, 1.82) is 0 Å². The van der Waals surface area contributed by atoms with E-state index in [-0.39, 0.29) is 0 Å². The number of hydrogen-bond acceptors (Lipinski definition) is 4. The molecule has 0 saturated heterocycles. The topological polar surface area (TPSA) is 29.5 Å². The van der Waals surface area contributed by atoms with Crippen LogP contribution in [0.1, 0.15) is 0 Å². The van der Waals surface area contributed by atoms with Crippen LogP contribution in [0.25, 0.3) is 85.9 Å². The second kappa shape index (κ2) is 10.6. The van der Waals surface area contributed by atoms with Crippen molar-refractivity contribution in [2.24, 2.45) is 0 Å². The highest BCUT2D eigenvalue weighted by Crippen LogP contribution is 2.50. The van der Waals surface area contributed by atoms with E-state index in [1.54, 1.807) is 0 Å². The van der Waals surface area contributed by atoms with Gasteiger partial charge >= 0.3 is 0 Å². The SMILES string of the molecule is c1ccc2c(-c3ccc(N(c4ccc5c(c4)oc4ccccc45)c4cc5sc6ccccc6c5c5oc6ccccc6c45)cc3)cccc2c1. The molecule has 0 fully saturated rings. The molecule has 3 nitrogen and oxygen atoms in total. The number of furan rings is 2. The van der Waals surface area contributed by atoms with E-state index in [1.807, 2.05) is 29.5 Å². The van der Waals surface area contributed by atoms with Crippen LogP contribution in [0.2, 0.25) is 0 Å². The minimum absolute atomic E-state index is 0.859. The average Bonchev–Trinajstić information content (AvgIpc) is 3.86. The second-order valence-electron chi connectivity index (χ2n) is 12.9. The maximum absolute atomic E-state index is 6.78. The quantitative estimate of drug-likeness (QED) is 0.189. The molecule has 0 amide bonds. The maximum Gasteiger partial charge on any atom is 0.146 e. The summed E-state index contributed by atoms with van der Waals surface area (Å²) in [6, 6.07) is 58.3. The van der Waals surface area contributed by atoms with E-state index in [2.05, 4.69) is 150 Å². The van der Waals surface area contributed by atoms with Gasteiger partial charge in [-0.3, -0.25) is 0 Å². The van der Waals surface area contributed by atoms with Crippen molar-refractivity contribution in [3.63, 3.8) is 0 Å². The van der Waals surface area contributed by atoms with Gasteiger partial charge in [0.15, 0.2) is 0 Å². The van der Waals surface area contributed by atoms with E-state index >= 15 is 0 Å². The summed E-state index contributed by atoms with van der Waals surface area (Å²) in [5.41, 5.74) is 9.08. The van der Waals surface area contributed by atoms with Gasteiger partial charge in [0.25, 0.3) is 0 Å². The first kappa shape index (κ1) is 27.6. The van der Waals surface area contributed by atoms with E-state index in [9.17, 15) is 0 Å². The molecule has 11 aromatic rings. The largest absolute Gasteiger partial charge is 0.456 e. The lowest BCUT2D eigenvalue weighted by Crippen LogP contribution is -2.10. The van der Waals surface area contributed by atoms with E-state index < -0.39 is 0 Å². The third-order valence-electron chi connectivity index (χ3n) is 10.1. The molecule has 3 heterocycles. The second-order valence-corrected chi connectivity index (χ2v) is 13.9. The van der Waals surface area contributed by atoms with Gasteiger partial charge < -0.3 is 13.7 Å². The fourth-order valence-corrected chi connectivity index (χ4v) is 8.94. The Morgan fingerprint density at radius 1 is 0.420 bits per heavy atom. The Morgan fingerprint density at radius 3 is 1.94 bits per heavy atom. The van der Waals surface area contributed by atoms with Gasteiger partial charge in [0.1, 0.15) is 22.3 Å². The Hall–Kier alpha value is -6.36. The first-order valence-electron chi connectivity index (χ1n) is 16.8. The molecule has 4 heteroatoms. The Morgan fingerprint density at radius 2 is 1.08 bits per heavy atom. The van der Waals surface area contributed by atoms with Gasteiger partial charge in [-0.05, 0) is 70.4 Å². The molecule has 0 aliphatic heterocycles. The first-order chi connectivity index (χ1) is 24.8. The van der Waals surface area contributed by atoms with Crippen LogP contribution < -0.4 is 4.90 Å². The number of anilines is 3. The molecule has 0 radical (unpaired) electrons. The van der Waals surface area contributed by atoms with Gasteiger partial charge in [0, 0.05) is 53.8 Å². The zero-order valence-corrected chi connectivity index (χ0v) is 27.6. The molecule has 3 aromatic heterocycles. The van der Waals surface area contributed by atoms with E-state index in [0.29, 0.717) is 0 Å². The summed E-state index contributed by atoms with van der Waals surface area (Å²) in [6.45, 7) is 0. The van der Waals surface area contributed by atoms with E-state index in [4.69, 9.17) is 8.83 Å². The fourth-order valence-electron chi connectivity index (χ4n) is 7.80. The van der Waals surface area contributed by atoms with Crippen LogP contribution in [0.3, 0.4) is 0 Å². The molecule has 8 aromatic carbocycles. The van der Waals surface area contributed by atoms with Crippen LogP contribution in [0, 0.1) is 0 Å². The number of fused-ring (bicyclic) bond motifs is 11. The molecule has 0 aliphatic carbocycles. The highest BCUT2D eigenvalue weighted by molar-refractivity contribution is 7.26. The number of benzene rings is 8. The summed E-state index contributed by atoms with van der Waals surface area (Å²) in [5, 5.41) is 9.29. The van der Waals surface area contributed by atoms with Crippen molar-refractivity contribution >= 4 is 103 Å². The Balaban J connectivity index is 1.20. The maximum atomic E-state index is 6.78. The van der Waals surface area contributed by atoms with Crippen molar-refractivity contribution in [3.8, 4) is 11.1 Å². The molecule has 0 aliphatic rings. The molecule has 0 N–H and O–H groups in total. The summed E-state index contributed by atoms with van der Waals surface area (Å²) < 4.78 is 15.7. The van der Waals surface area contributed by atoms with Crippen LogP contribution in [0.5, 0.6) is 0 Å². The van der Waals surface area contributed by atoms with Crippen molar-refractivity contribution < 1.29 is 8.83 Å². The summed E-state index contributed by atoms with van der Waals surface area (Å²) in [6.07, 6.45) is 0. The number of para-hydroxylation sites is 2. The van der Waals surface area contributed by atoms with E-state index in [1.165, 1.54) is 42.1 Å². The van der Waals surface area contributed by atoms with E-state index in [0.717, 1.165) is 60.9 Å². The predicted octanol–water partition coefficient (Wildman–Crippen LogP) is 14.1. The van der Waals surface area contributed by atoms with Gasteiger partial charge in [-0.1, -0.05) is 109 Å². The van der Waals surface area contributed by atoms with Crippen LogP contribution in [0.15, 0.2) is 173 Å². The molecule has 0 atom stereocenters. The van der Waals surface area contributed by atoms with Crippen molar-refractivity contribution in [2.75, 3.05) is 4.90 Å². The fraction of sp³-hybridized carbons (Fsp3) is 0. The van der Waals surface area contributed by atoms with Gasteiger partial charge in [-0.15, -0.1) is 11.3 Å². The standard InChI is InChI=1S/C46H27NO2S/c1-2-12-32-28(10-1)11-9-16-33(32)29-20-22-30(23-21-29)47(31-24-25-35-34-13-3-6-17-39(34)48-41(35)26-31)38-27-43-45(37-15-5-8-19-42(37)50-43)46-44(38)36-14-4-7-18-40(36)49-46/h1-27H. The van der Waals surface area contributed by atoms with Gasteiger partial charge in [0.2, 0.25) is 0 Å². The lowest BCUT2D eigenvalue weighted by Gasteiger charge is -2.26. The minimum Gasteiger partial charge on any atom is -0.456 e. The van der Waals surface area contributed by atoms with Gasteiger partial charge in [0.05, 0.1) is 11.1 Å². The summed E-state index contributed by atoms with van der Waals surface area (Å²) >= 11 is 1.81. The number of nitrogens with zero attached hydrogens (tertiary/aromatic N) is 1. The molecule has 0 spiro atoms. The Kier molecular flexibility index (Phi) is 5.83. The summed E-state index contributed by atoms with van der Waals surface area (Å²) in [5.74, 6) is 0. The lowest BCUT2D eigenvalue weighted by molar-refractivity contribution is 0.669. The number of thiophene rings is 1. The summed E-state index contributed by atoms with van der Waals surface area (Å²) in [4.78, 5) is 2.37. The van der Waals surface area contributed by atoms with Crippen molar-refractivity contribution in [2.45, 2.75) is 0 Å². The molecule has 11 rings (SSSR count). The third-order valence-corrected chi connectivity index (χ3v) is 11.2. The molecular formula is C46H27NO2S. The van der Waals surface area contributed by atoms with Crippen molar-refractivity contribution in [1.82, 2.24) is 0 Å². The average molecular weight is 658 g/mol. The molecular weight excluding hydrogens is 631 g/mol. The molecule has 234 valence electrons. The normalized spacial score (nSPS) is 12.0. The van der Waals surface area contributed by atoms with Crippen molar-refractivity contribution in [3.05, 3.63) is 164 Å². The minimum atomic E-state index is 0.859. The highest BCUT2D eigenvalue weighted by Gasteiger charge is 2.24. The monoisotopic (exact) mass is 657 g/mol. The van der Waals surface area contributed by atoms with Crippen LogP contribution in [-0.2, 0) is 0 Å². The summed E-state index contributed by atoms with van der Waals surface area (Å²) in [7, 11) is 0. The number of rotatable bonds is 4. The third kappa shape index (κ3) is 4.03. The molecule has 50 heavy (non-hydrogen) atoms. The molecule has 0 bridgehead atoms. The Bertz CT molecular complexity index is 3100. The van der Waals surface area contributed by atoms with Gasteiger partial charge in [-0.2, -0.15) is 0 Å². The van der Waals surface area contributed by atoms with Gasteiger partial charge in [-0.25, -0.2) is 0 Å². The lowest BCUT2D eigenvalue weighted by atomic mass is 9.98. The predicted molar refractivity (Wildman–Crippen MR) is 212 cm³/mol. The highest BCUT2D eigenvalue weighted by atomic mass is 32.1. The number of hydrogen-bond donors (Lipinski definition) is 0. The zero-order valence-electron chi connectivity index (χ0n) is 26.8. The molecule has 0 saturated carbocycles. The zero-order chi connectivity index (χ0) is 32.8. The molecule has 0 unspecified atom stereocenters. The Labute approximate surface area is 290 Å². The smallest absolute Gasteiger partial charge is 0.146 e. The van der Waals surface area contributed by atoms with Crippen LogP contribution >= 0.6 is 11.3 Å².